The van der Waals surface area contributed by atoms with E-state index in [9.17, 15) is 4.79 Å². The lowest BCUT2D eigenvalue weighted by atomic mass is 10.2. The zero-order valence-corrected chi connectivity index (χ0v) is 13.6. The third kappa shape index (κ3) is 3.44. The van der Waals surface area contributed by atoms with Crippen LogP contribution in [0.3, 0.4) is 0 Å². The highest BCUT2D eigenvalue weighted by molar-refractivity contribution is 8.01. The van der Waals surface area contributed by atoms with Gasteiger partial charge in [0.2, 0.25) is 0 Å². The van der Waals surface area contributed by atoms with Crippen LogP contribution in [0.1, 0.15) is 5.76 Å². The largest absolute Gasteiger partial charge is 0.465 e. The fourth-order valence-electron chi connectivity index (χ4n) is 1.84. The molecule has 0 saturated carbocycles. The molecule has 0 saturated heterocycles. The van der Waals surface area contributed by atoms with Gasteiger partial charge in [-0.3, -0.25) is 0 Å². The lowest BCUT2D eigenvalue weighted by molar-refractivity contribution is -0.135. The van der Waals surface area contributed by atoms with Crippen molar-refractivity contribution in [1.29, 1.82) is 5.26 Å². The number of nitriles is 1. The van der Waals surface area contributed by atoms with Crippen LogP contribution in [-0.2, 0) is 9.53 Å². The van der Waals surface area contributed by atoms with Crippen LogP contribution in [0.2, 0.25) is 0 Å². The van der Waals surface area contributed by atoms with Crippen LogP contribution in [0.25, 0.3) is 16.3 Å². The lowest BCUT2D eigenvalue weighted by Gasteiger charge is -1.94. The van der Waals surface area contributed by atoms with E-state index in [-0.39, 0.29) is 5.57 Å². The van der Waals surface area contributed by atoms with Crippen molar-refractivity contribution < 1.29 is 13.9 Å². The Labute approximate surface area is 140 Å². The predicted molar refractivity (Wildman–Crippen MR) is 88.1 cm³/mol. The van der Waals surface area contributed by atoms with E-state index in [1.807, 2.05) is 24.3 Å². The van der Waals surface area contributed by atoms with Crippen molar-refractivity contribution in [2.45, 2.75) is 9.43 Å². The summed E-state index contributed by atoms with van der Waals surface area (Å²) in [6.07, 6.45) is 1.36. The van der Waals surface area contributed by atoms with Gasteiger partial charge in [-0.25, -0.2) is 9.78 Å². The Morgan fingerprint density at radius 1 is 1.39 bits per heavy atom. The normalized spacial score (nSPS) is 11.4. The van der Waals surface area contributed by atoms with Gasteiger partial charge in [0.25, 0.3) is 0 Å². The highest BCUT2D eigenvalue weighted by atomic mass is 32.2. The van der Waals surface area contributed by atoms with Crippen molar-refractivity contribution in [3.05, 3.63) is 47.7 Å². The Balaban J connectivity index is 1.80. The fraction of sp³-hybridized carbons (Fsp3) is 0.0625. The maximum atomic E-state index is 11.4. The number of hydrogen-bond acceptors (Lipinski definition) is 7. The number of ether oxygens (including phenoxy) is 1. The van der Waals surface area contributed by atoms with Crippen molar-refractivity contribution in [3.8, 4) is 6.07 Å². The summed E-state index contributed by atoms with van der Waals surface area (Å²) in [5.74, 6) is -0.278. The second-order valence-corrected chi connectivity index (χ2v) is 6.65. The molecule has 2 heterocycles. The molecule has 0 aliphatic heterocycles. The maximum absolute atomic E-state index is 11.4. The van der Waals surface area contributed by atoms with Gasteiger partial charge in [-0.15, -0.1) is 11.3 Å². The molecule has 0 bridgehead atoms. The summed E-state index contributed by atoms with van der Waals surface area (Å²) in [5.41, 5.74) is 0.836. The Morgan fingerprint density at radius 3 is 2.96 bits per heavy atom. The minimum atomic E-state index is -0.690. The molecular formula is C16H10N2O3S2. The number of hydrogen-bond donors (Lipinski definition) is 0. The Morgan fingerprint density at radius 2 is 2.22 bits per heavy atom. The molecule has 114 valence electrons. The minimum absolute atomic E-state index is 0.113. The van der Waals surface area contributed by atoms with Gasteiger partial charge >= 0.3 is 5.97 Å². The van der Waals surface area contributed by atoms with E-state index in [0.29, 0.717) is 10.9 Å². The molecule has 0 fully saturated rings. The molecule has 0 radical (unpaired) electrons. The Hall–Kier alpha value is -2.56. The number of thiazole rings is 1. The molecule has 0 amide bonds. The highest BCUT2D eigenvalue weighted by Crippen LogP contribution is 2.35. The van der Waals surface area contributed by atoms with E-state index in [4.69, 9.17) is 9.68 Å². The predicted octanol–water partition coefficient (Wildman–Crippen LogP) is 4.12. The quantitative estimate of drug-likeness (QED) is 0.403. The van der Waals surface area contributed by atoms with Gasteiger partial charge in [-0.05, 0) is 36.0 Å². The molecule has 3 aromatic rings. The summed E-state index contributed by atoms with van der Waals surface area (Å²) in [6.45, 7) is 0. The Kier molecular flexibility index (Phi) is 4.46. The topological polar surface area (TPSA) is 76.1 Å². The number of fused-ring (bicyclic) bond motifs is 1. The number of para-hydroxylation sites is 1. The molecule has 3 rings (SSSR count). The minimum Gasteiger partial charge on any atom is -0.465 e. The molecule has 0 N–H and O–H groups in total. The highest BCUT2D eigenvalue weighted by Gasteiger charge is 2.12. The van der Waals surface area contributed by atoms with Gasteiger partial charge in [0.1, 0.15) is 17.4 Å². The molecule has 1 aromatic carbocycles. The standard InChI is InChI=1S/C16H10N2O3S2/c1-20-15(19)10(9-17)8-11-6-7-14(21-11)23-16-18-12-4-2-3-5-13(12)22-16/h2-8H,1H3/b10-8+. The Bertz CT molecular complexity index is 901. The SMILES string of the molecule is COC(=O)/C(C#N)=C/c1ccc(Sc2nc3ccccc3s2)o1. The summed E-state index contributed by atoms with van der Waals surface area (Å²) in [4.78, 5) is 15.9. The average Bonchev–Trinajstić information content (AvgIpc) is 3.18. The van der Waals surface area contributed by atoms with Gasteiger partial charge < -0.3 is 9.15 Å². The van der Waals surface area contributed by atoms with Crippen molar-refractivity contribution in [2.75, 3.05) is 7.11 Å². The van der Waals surface area contributed by atoms with E-state index < -0.39 is 5.97 Å². The van der Waals surface area contributed by atoms with Crippen molar-refractivity contribution in [2.24, 2.45) is 0 Å². The first-order valence-electron chi connectivity index (χ1n) is 6.53. The first-order chi connectivity index (χ1) is 11.2. The number of aromatic nitrogens is 1. The number of nitrogens with zero attached hydrogens (tertiary/aromatic N) is 2. The van der Waals surface area contributed by atoms with Gasteiger partial charge in [0.05, 0.1) is 17.3 Å². The number of carbonyl (C=O) groups excluding carboxylic acids is 1. The second kappa shape index (κ2) is 6.69. The number of esters is 1. The maximum Gasteiger partial charge on any atom is 0.348 e. The monoisotopic (exact) mass is 342 g/mol. The smallest absolute Gasteiger partial charge is 0.348 e. The molecule has 23 heavy (non-hydrogen) atoms. The van der Waals surface area contributed by atoms with Gasteiger partial charge in [-0.1, -0.05) is 12.1 Å². The van der Waals surface area contributed by atoms with E-state index in [2.05, 4.69) is 9.72 Å². The number of benzene rings is 1. The van der Waals surface area contributed by atoms with Crippen LogP contribution >= 0.6 is 23.1 Å². The average molecular weight is 342 g/mol. The molecule has 0 unspecified atom stereocenters. The summed E-state index contributed by atoms with van der Waals surface area (Å²) in [7, 11) is 1.23. The van der Waals surface area contributed by atoms with E-state index in [1.165, 1.54) is 24.9 Å². The van der Waals surface area contributed by atoms with Gasteiger partial charge in [-0.2, -0.15) is 5.26 Å². The second-order valence-electron chi connectivity index (χ2n) is 4.37. The summed E-state index contributed by atoms with van der Waals surface area (Å²) in [6, 6.07) is 13.1. The van der Waals surface area contributed by atoms with Crippen LogP contribution in [-0.4, -0.2) is 18.1 Å². The lowest BCUT2D eigenvalue weighted by Crippen LogP contribution is -2.02. The summed E-state index contributed by atoms with van der Waals surface area (Å²) >= 11 is 2.97. The van der Waals surface area contributed by atoms with Crippen LogP contribution in [0.15, 0.2) is 55.8 Å². The van der Waals surface area contributed by atoms with E-state index >= 15 is 0 Å². The zero-order valence-electron chi connectivity index (χ0n) is 12.0. The van der Waals surface area contributed by atoms with Gasteiger partial charge in [0.15, 0.2) is 9.43 Å². The molecule has 2 aromatic heterocycles. The third-order valence-electron chi connectivity index (χ3n) is 2.88. The number of furan rings is 1. The van der Waals surface area contributed by atoms with Crippen LogP contribution in [0, 0.1) is 11.3 Å². The molecule has 0 spiro atoms. The number of methoxy groups -OCH3 is 1. The number of rotatable bonds is 4. The van der Waals surface area contributed by atoms with E-state index in [1.54, 1.807) is 29.5 Å². The first-order valence-corrected chi connectivity index (χ1v) is 8.16. The molecule has 5 nitrogen and oxygen atoms in total. The van der Waals surface area contributed by atoms with Crippen LogP contribution in [0.5, 0.6) is 0 Å². The molecular weight excluding hydrogens is 332 g/mol. The summed E-state index contributed by atoms with van der Waals surface area (Å²) in [5, 5.41) is 9.57. The van der Waals surface area contributed by atoms with Crippen molar-refractivity contribution >= 4 is 45.4 Å². The molecule has 0 aliphatic carbocycles. The molecule has 0 aliphatic rings. The van der Waals surface area contributed by atoms with Gasteiger partial charge in [0, 0.05) is 6.08 Å². The third-order valence-corrected chi connectivity index (χ3v) is 4.89. The molecule has 7 heteroatoms. The van der Waals surface area contributed by atoms with Crippen LogP contribution in [0.4, 0.5) is 0 Å². The van der Waals surface area contributed by atoms with E-state index in [0.717, 1.165) is 14.6 Å². The van der Waals surface area contributed by atoms with Crippen LogP contribution < -0.4 is 0 Å². The van der Waals surface area contributed by atoms with Crippen molar-refractivity contribution in [3.63, 3.8) is 0 Å². The molecule has 0 atom stereocenters. The number of carbonyl (C=O) groups is 1. The summed E-state index contributed by atoms with van der Waals surface area (Å²) < 4.78 is 12.1. The van der Waals surface area contributed by atoms with Crippen molar-refractivity contribution in [1.82, 2.24) is 4.98 Å². The fourth-order valence-corrected chi connectivity index (χ4v) is 3.81. The first kappa shape index (κ1) is 15.3. The zero-order chi connectivity index (χ0) is 16.2.